The van der Waals surface area contributed by atoms with Gasteiger partial charge in [-0.05, 0) is 6.42 Å². The summed E-state index contributed by atoms with van der Waals surface area (Å²) in [6, 6.07) is 0. The highest BCUT2D eigenvalue weighted by molar-refractivity contribution is 7.88. The van der Waals surface area contributed by atoms with Gasteiger partial charge in [0.15, 0.2) is 0 Å². The summed E-state index contributed by atoms with van der Waals surface area (Å²) in [6.07, 6.45) is 2.26. The molecule has 1 saturated heterocycles. The second-order valence-electron chi connectivity index (χ2n) is 2.02. The van der Waals surface area contributed by atoms with Crippen LogP contribution >= 0.6 is 0 Å². The molecule has 0 spiro atoms. The molecule has 0 aromatic heterocycles. The van der Waals surface area contributed by atoms with Gasteiger partial charge in [0.1, 0.15) is 0 Å². The van der Waals surface area contributed by atoms with Gasteiger partial charge in [0.25, 0.3) is 0 Å². The maximum Gasteiger partial charge on any atom is 0.211 e. The lowest BCUT2D eigenvalue weighted by Crippen LogP contribution is -2.41. The van der Waals surface area contributed by atoms with Crippen molar-refractivity contribution in [2.45, 2.75) is 6.42 Å². The van der Waals surface area contributed by atoms with Crippen molar-refractivity contribution >= 4 is 10.0 Å². The molecule has 0 saturated carbocycles. The summed E-state index contributed by atoms with van der Waals surface area (Å²) >= 11 is 0. The Kier molecular flexibility index (Phi) is 1.28. The lowest BCUT2D eigenvalue weighted by molar-refractivity contribution is 0.312. The van der Waals surface area contributed by atoms with E-state index >= 15 is 0 Å². The molecule has 4 heteroatoms. The molecule has 0 N–H and O–H groups in total. The number of sulfonamides is 1. The van der Waals surface area contributed by atoms with Crippen molar-refractivity contribution in [3.63, 3.8) is 0 Å². The predicted octanol–water partition coefficient (Wildman–Crippen LogP) is -0.348. The quantitative estimate of drug-likeness (QED) is 0.493. The SMILES string of the molecule is CS(=O)(=O)N1CCC1. The zero-order valence-electron chi connectivity index (χ0n) is 4.79. The first-order valence-corrected chi connectivity index (χ1v) is 4.40. The Morgan fingerprint density at radius 2 is 1.88 bits per heavy atom. The molecule has 1 rings (SSSR count). The standard InChI is InChI=1S/C4H9NO2S/c1-8(6,7)5-3-2-4-5/h2-4H2,1H3. The zero-order valence-corrected chi connectivity index (χ0v) is 5.61. The van der Waals surface area contributed by atoms with E-state index in [0.717, 1.165) is 19.5 Å². The molecule has 1 aliphatic rings. The van der Waals surface area contributed by atoms with Gasteiger partial charge in [0.05, 0.1) is 6.26 Å². The van der Waals surface area contributed by atoms with Gasteiger partial charge in [-0.25, -0.2) is 12.7 Å². The van der Waals surface area contributed by atoms with Gasteiger partial charge in [0, 0.05) is 13.1 Å². The fourth-order valence-corrected chi connectivity index (χ4v) is 1.54. The molecule has 0 aromatic rings. The van der Waals surface area contributed by atoms with Crippen molar-refractivity contribution in [3.05, 3.63) is 0 Å². The average molecular weight is 135 g/mol. The Morgan fingerprint density at radius 1 is 1.38 bits per heavy atom. The molecular weight excluding hydrogens is 126 g/mol. The molecule has 1 aliphatic heterocycles. The molecule has 48 valence electrons. The molecule has 8 heavy (non-hydrogen) atoms. The monoisotopic (exact) mass is 135 g/mol. The number of nitrogens with zero attached hydrogens (tertiary/aromatic N) is 1. The minimum Gasteiger partial charge on any atom is -0.213 e. The highest BCUT2D eigenvalue weighted by Gasteiger charge is 2.22. The molecular formula is C4H9NO2S. The van der Waals surface area contributed by atoms with Crippen molar-refractivity contribution in [2.24, 2.45) is 0 Å². The zero-order chi connectivity index (χ0) is 6.20. The van der Waals surface area contributed by atoms with Crippen LogP contribution in [0, 0.1) is 0 Å². The van der Waals surface area contributed by atoms with Crippen molar-refractivity contribution < 1.29 is 8.42 Å². The van der Waals surface area contributed by atoms with E-state index in [2.05, 4.69) is 0 Å². The molecule has 0 amide bonds. The molecule has 0 unspecified atom stereocenters. The second-order valence-corrected chi connectivity index (χ2v) is 4.00. The highest BCUT2D eigenvalue weighted by atomic mass is 32.2. The third-order valence-electron chi connectivity index (χ3n) is 1.28. The molecule has 3 nitrogen and oxygen atoms in total. The van der Waals surface area contributed by atoms with Crippen LogP contribution in [0.4, 0.5) is 0 Å². The molecule has 1 heterocycles. The van der Waals surface area contributed by atoms with E-state index in [-0.39, 0.29) is 0 Å². The van der Waals surface area contributed by atoms with E-state index in [0.29, 0.717) is 0 Å². The molecule has 0 aromatic carbocycles. The first kappa shape index (κ1) is 6.04. The van der Waals surface area contributed by atoms with Gasteiger partial charge in [-0.15, -0.1) is 0 Å². The minimum atomic E-state index is -2.83. The largest absolute Gasteiger partial charge is 0.213 e. The van der Waals surface area contributed by atoms with Crippen molar-refractivity contribution in [3.8, 4) is 0 Å². The van der Waals surface area contributed by atoms with Gasteiger partial charge in [-0.2, -0.15) is 0 Å². The predicted molar refractivity (Wildman–Crippen MR) is 31.0 cm³/mol. The Balaban J connectivity index is 2.60. The van der Waals surface area contributed by atoms with Crippen molar-refractivity contribution in [2.75, 3.05) is 19.3 Å². The minimum absolute atomic E-state index is 0.721. The fourth-order valence-electron chi connectivity index (χ4n) is 0.619. The van der Waals surface area contributed by atoms with Crippen LogP contribution in [0.15, 0.2) is 0 Å². The fraction of sp³-hybridized carbons (Fsp3) is 1.00. The van der Waals surface area contributed by atoms with Gasteiger partial charge in [0.2, 0.25) is 10.0 Å². The van der Waals surface area contributed by atoms with Crippen molar-refractivity contribution in [1.29, 1.82) is 0 Å². The van der Waals surface area contributed by atoms with Crippen LogP contribution < -0.4 is 0 Å². The van der Waals surface area contributed by atoms with Crippen LogP contribution in [0.1, 0.15) is 6.42 Å². The molecule has 0 radical (unpaired) electrons. The van der Waals surface area contributed by atoms with E-state index in [1.54, 1.807) is 0 Å². The van der Waals surface area contributed by atoms with Crippen LogP contribution in [-0.4, -0.2) is 32.1 Å². The second kappa shape index (κ2) is 1.70. The van der Waals surface area contributed by atoms with Crippen molar-refractivity contribution in [1.82, 2.24) is 4.31 Å². The third kappa shape index (κ3) is 1.00. The first-order chi connectivity index (χ1) is 3.61. The Labute approximate surface area is 49.3 Å². The van der Waals surface area contributed by atoms with Gasteiger partial charge in [-0.3, -0.25) is 0 Å². The lowest BCUT2D eigenvalue weighted by atomic mass is 10.3. The summed E-state index contributed by atoms with van der Waals surface area (Å²) < 4.78 is 22.5. The number of hydrogen-bond acceptors (Lipinski definition) is 2. The van der Waals surface area contributed by atoms with E-state index in [1.165, 1.54) is 10.6 Å². The van der Waals surface area contributed by atoms with Gasteiger partial charge < -0.3 is 0 Å². The van der Waals surface area contributed by atoms with E-state index in [9.17, 15) is 8.42 Å². The van der Waals surface area contributed by atoms with Crippen LogP contribution in [0.25, 0.3) is 0 Å². The van der Waals surface area contributed by atoms with Crippen LogP contribution in [-0.2, 0) is 10.0 Å². The van der Waals surface area contributed by atoms with E-state index < -0.39 is 10.0 Å². The molecule has 0 atom stereocenters. The third-order valence-corrected chi connectivity index (χ3v) is 2.59. The maximum absolute atomic E-state index is 10.5. The summed E-state index contributed by atoms with van der Waals surface area (Å²) in [5.74, 6) is 0. The van der Waals surface area contributed by atoms with Crippen LogP contribution in [0.3, 0.4) is 0 Å². The summed E-state index contributed by atoms with van der Waals surface area (Å²) in [5, 5.41) is 0. The Hall–Kier alpha value is -0.0900. The van der Waals surface area contributed by atoms with Crippen LogP contribution in [0.5, 0.6) is 0 Å². The van der Waals surface area contributed by atoms with E-state index in [4.69, 9.17) is 0 Å². The Morgan fingerprint density at radius 3 is 1.88 bits per heavy atom. The first-order valence-electron chi connectivity index (χ1n) is 2.56. The maximum atomic E-state index is 10.5. The Bertz CT molecular complexity index is 168. The van der Waals surface area contributed by atoms with Gasteiger partial charge >= 0.3 is 0 Å². The average Bonchev–Trinajstić information content (AvgIpc) is 1.16. The molecule has 0 bridgehead atoms. The topological polar surface area (TPSA) is 37.4 Å². The lowest BCUT2D eigenvalue weighted by Gasteiger charge is -2.27. The van der Waals surface area contributed by atoms with Crippen LogP contribution in [0.2, 0.25) is 0 Å². The molecule has 1 fully saturated rings. The van der Waals surface area contributed by atoms with Gasteiger partial charge in [-0.1, -0.05) is 0 Å². The summed E-state index contributed by atoms with van der Waals surface area (Å²) in [5.41, 5.74) is 0. The normalized spacial score (nSPS) is 22.6. The summed E-state index contributed by atoms with van der Waals surface area (Å²) in [7, 11) is -2.83. The number of rotatable bonds is 1. The molecule has 0 aliphatic carbocycles. The number of hydrogen-bond donors (Lipinski definition) is 0. The van der Waals surface area contributed by atoms with E-state index in [1.807, 2.05) is 0 Å². The smallest absolute Gasteiger partial charge is 0.211 e. The summed E-state index contributed by atoms with van der Waals surface area (Å²) in [6.45, 7) is 1.44. The highest BCUT2D eigenvalue weighted by Crippen LogP contribution is 2.09. The summed E-state index contributed by atoms with van der Waals surface area (Å²) in [4.78, 5) is 0.